The van der Waals surface area contributed by atoms with Gasteiger partial charge in [0.2, 0.25) is 0 Å². The molecule has 0 aliphatic carbocycles. The smallest absolute Gasteiger partial charge is 0.270 e. The zero-order valence-corrected chi connectivity index (χ0v) is 15.1. The third kappa shape index (κ3) is 5.18. The van der Waals surface area contributed by atoms with Crippen LogP contribution in [0.1, 0.15) is 31.4 Å². The predicted octanol–water partition coefficient (Wildman–Crippen LogP) is 2.43. The number of carbonyl (C=O) groups is 2. The molecule has 3 rings (SSSR count). The van der Waals surface area contributed by atoms with Crippen molar-refractivity contribution in [3.8, 4) is 0 Å². The van der Waals surface area contributed by atoms with Gasteiger partial charge in [0, 0.05) is 37.3 Å². The first-order valence-electron chi connectivity index (χ1n) is 8.27. The van der Waals surface area contributed by atoms with Gasteiger partial charge in [0.25, 0.3) is 11.8 Å². The Labute approximate surface area is 159 Å². The molecule has 0 aliphatic rings. The van der Waals surface area contributed by atoms with E-state index in [2.05, 4.69) is 20.6 Å². The molecule has 3 aromatic rings. The minimum atomic E-state index is -0.332. The van der Waals surface area contributed by atoms with Gasteiger partial charge in [-0.1, -0.05) is 18.2 Å². The molecule has 138 valence electrons. The van der Waals surface area contributed by atoms with E-state index in [1.165, 1.54) is 23.6 Å². The van der Waals surface area contributed by atoms with E-state index in [1.54, 1.807) is 41.9 Å². The summed E-state index contributed by atoms with van der Waals surface area (Å²) in [6.07, 6.45) is 3.40. The van der Waals surface area contributed by atoms with E-state index < -0.39 is 0 Å². The van der Waals surface area contributed by atoms with Crippen LogP contribution in [0.3, 0.4) is 0 Å². The molecule has 2 amide bonds. The average molecular weight is 384 g/mol. The largest absolute Gasteiger partial charge is 0.350 e. The minimum Gasteiger partial charge on any atom is -0.350 e. The van der Waals surface area contributed by atoms with Gasteiger partial charge in [0.15, 0.2) is 0 Å². The molecule has 0 bridgehead atoms. The zero-order chi connectivity index (χ0) is 19.1. The second-order valence-electron chi connectivity index (χ2n) is 5.65. The van der Waals surface area contributed by atoms with Crippen LogP contribution >= 0.6 is 11.3 Å². The van der Waals surface area contributed by atoms with Crippen molar-refractivity contribution in [2.75, 3.05) is 13.1 Å². The predicted molar refractivity (Wildman–Crippen MR) is 100 cm³/mol. The van der Waals surface area contributed by atoms with Crippen molar-refractivity contribution in [3.05, 3.63) is 81.8 Å². The summed E-state index contributed by atoms with van der Waals surface area (Å²) in [5.74, 6) is -0.872. The van der Waals surface area contributed by atoms with Gasteiger partial charge in [-0.25, -0.2) is 9.37 Å². The molecule has 2 heterocycles. The van der Waals surface area contributed by atoms with E-state index in [4.69, 9.17) is 0 Å². The Morgan fingerprint density at radius 3 is 2.56 bits per heavy atom. The van der Waals surface area contributed by atoms with Crippen molar-refractivity contribution in [2.24, 2.45) is 0 Å². The van der Waals surface area contributed by atoms with Gasteiger partial charge in [-0.15, -0.1) is 11.3 Å². The molecule has 0 unspecified atom stereocenters. The Balaban J connectivity index is 1.46. The van der Waals surface area contributed by atoms with Crippen molar-refractivity contribution in [2.45, 2.75) is 6.42 Å². The number of amides is 2. The van der Waals surface area contributed by atoms with Crippen LogP contribution < -0.4 is 10.6 Å². The summed E-state index contributed by atoms with van der Waals surface area (Å²) >= 11 is 1.31. The Hall–Kier alpha value is -3.13. The Bertz CT molecular complexity index is 930. The van der Waals surface area contributed by atoms with Crippen LogP contribution in [-0.4, -0.2) is 34.9 Å². The summed E-state index contributed by atoms with van der Waals surface area (Å²) in [5.41, 5.74) is 1.28. The summed E-state index contributed by atoms with van der Waals surface area (Å²) < 4.78 is 13.7. The third-order valence-corrected chi connectivity index (χ3v) is 4.55. The number of nitrogens with zero attached hydrogens (tertiary/aromatic N) is 2. The van der Waals surface area contributed by atoms with Crippen LogP contribution in [0, 0.1) is 5.82 Å². The Morgan fingerprint density at radius 1 is 1.04 bits per heavy atom. The molecule has 1 aromatic carbocycles. The van der Waals surface area contributed by atoms with Crippen LogP contribution in [0.25, 0.3) is 0 Å². The molecule has 0 atom stereocenters. The monoisotopic (exact) mass is 384 g/mol. The highest BCUT2D eigenvalue weighted by atomic mass is 32.1. The number of nitrogens with one attached hydrogen (secondary N) is 2. The molecule has 0 saturated carbocycles. The average Bonchev–Trinajstić information content (AvgIpc) is 3.16. The fourth-order valence-corrected chi connectivity index (χ4v) is 3.14. The normalized spacial score (nSPS) is 10.4. The van der Waals surface area contributed by atoms with E-state index in [0.29, 0.717) is 22.6 Å². The van der Waals surface area contributed by atoms with Gasteiger partial charge in [0.1, 0.15) is 11.5 Å². The molecular weight excluding hydrogens is 367 g/mol. The molecule has 6 nitrogen and oxygen atoms in total. The van der Waals surface area contributed by atoms with E-state index in [0.717, 1.165) is 0 Å². The number of rotatable bonds is 7. The molecule has 0 aliphatic heterocycles. The summed E-state index contributed by atoms with van der Waals surface area (Å²) in [5, 5.41) is 7.69. The quantitative estimate of drug-likeness (QED) is 0.613. The number of benzene rings is 1. The SMILES string of the molecule is O=C(NCCNC(=O)c1csc(Cc2ccccc2F)n1)c1cccnc1. The Morgan fingerprint density at radius 2 is 1.81 bits per heavy atom. The van der Waals surface area contributed by atoms with Crippen molar-refractivity contribution < 1.29 is 14.0 Å². The first-order chi connectivity index (χ1) is 13.1. The zero-order valence-electron chi connectivity index (χ0n) is 14.3. The number of hydrogen-bond donors (Lipinski definition) is 2. The van der Waals surface area contributed by atoms with Crippen molar-refractivity contribution >= 4 is 23.2 Å². The van der Waals surface area contributed by atoms with Gasteiger partial charge in [-0.3, -0.25) is 14.6 Å². The van der Waals surface area contributed by atoms with Crippen LogP contribution in [0.15, 0.2) is 54.2 Å². The van der Waals surface area contributed by atoms with E-state index in [9.17, 15) is 14.0 Å². The van der Waals surface area contributed by atoms with Crippen LogP contribution in [-0.2, 0) is 6.42 Å². The maximum atomic E-state index is 13.7. The van der Waals surface area contributed by atoms with Crippen LogP contribution in [0.2, 0.25) is 0 Å². The highest BCUT2D eigenvalue weighted by molar-refractivity contribution is 7.09. The van der Waals surface area contributed by atoms with Gasteiger partial charge >= 0.3 is 0 Å². The molecule has 2 aromatic heterocycles. The van der Waals surface area contributed by atoms with Crippen LogP contribution in [0.4, 0.5) is 4.39 Å². The van der Waals surface area contributed by atoms with Crippen molar-refractivity contribution in [3.63, 3.8) is 0 Å². The highest BCUT2D eigenvalue weighted by Gasteiger charge is 2.12. The second-order valence-corrected chi connectivity index (χ2v) is 6.59. The number of aromatic nitrogens is 2. The maximum absolute atomic E-state index is 13.7. The molecule has 0 radical (unpaired) electrons. The highest BCUT2D eigenvalue weighted by Crippen LogP contribution is 2.16. The van der Waals surface area contributed by atoms with Gasteiger partial charge in [0.05, 0.1) is 10.6 Å². The Kier molecular flexibility index (Phi) is 6.22. The fraction of sp³-hybridized carbons (Fsp3) is 0.158. The number of thiazole rings is 1. The fourth-order valence-electron chi connectivity index (χ4n) is 2.34. The molecule has 0 spiro atoms. The lowest BCUT2D eigenvalue weighted by Gasteiger charge is -2.06. The standard InChI is InChI=1S/C19H17FN4O2S/c20-15-6-2-1-4-13(15)10-17-24-16(12-27-17)19(26)23-9-8-22-18(25)14-5-3-7-21-11-14/h1-7,11-12H,8-10H2,(H,22,25)(H,23,26). The van der Waals surface area contributed by atoms with E-state index in [-0.39, 0.29) is 36.4 Å². The molecule has 8 heteroatoms. The first-order valence-corrected chi connectivity index (χ1v) is 9.15. The minimum absolute atomic E-state index is 0.252. The molecule has 27 heavy (non-hydrogen) atoms. The van der Waals surface area contributed by atoms with Crippen molar-refractivity contribution in [1.82, 2.24) is 20.6 Å². The lowest BCUT2D eigenvalue weighted by Crippen LogP contribution is -2.34. The third-order valence-electron chi connectivity index (χ3n) is 3.70. The molecule has 0 fully saturated rings. The summed E-state index contributed by atoms with van der Waals surface area (Å²) in [6.45, 7) is 0.552. The van der Waals surface area contributed by atoms with Crippen LogP contribution in [0.5, 0.6) is 0 Å². The number of pyridine rings is 1. The summed E-state index contributed by atoms with van der Waals surface area (Å²) in [6, 6.07) is 9.83. The summed E-state index contributed by atoms with van der Waals surface area (Å²) in [7, 11) is 0. The number of hydrogen-bond acceptors (Lipinski definition) is 5. The van der Waals surface area contributed by atoms with Gasteiger partial charge in [-0.05, 0) is 23.8 Å². The molecular formula is C19H17FN4O2S. The topological polar surface area (TPSA) is 84.0 Å². The number of carbonyl (C=O) groups excluding carboxylic acids is 2. The lowest BCUT2D eigenvalue weighted by molar-refractivity contribution is 0.0925. The maximum Gasteiger partial charge on any atom is 0.270 e. The van der Waals surface area contributed by atoms with Gasteiger partial charge in [-0.2, -0.15) is 0 Å². The number of halogens is 1. The van der Waals surface area contributed by atoms with Gasteiger partial charge < -0.3 is 10.6 Å². The molecule has 0 saturated heterocycles. The van der Waals surface area contributed by atoms with Crippen molar-refractivity contribution in [1.29, 1.82) is 0 Å². The van der Waals surface area contributed by atoms with E-state index >= 15 is 0 Å². The molecule has 2 N–H and O–H groups in total. The second kappa shape index (κ2) is 9.00. The first kappa shape index (κ1) is 18.7. The lowest BCUT2D eigenvalue weighted by atomic mass is 10.1. The summed E-state index contributed by atoms with van der Waals surface area (Å²) in [4.78, 5) is 32.1. The van der Waals surface area contributed by atoms with E-state index in [1.807, 2.05) is 0 Å².